The zero-order valence-corrected chi connectivity index (χ0v) is 13.2. The summed E-state index contributed by atoms with van der Waals surface area (Å²) in [5, 5.41) is 2.72. The van der Waals surface area contributed by atoms with E-state index < -0.39 is 5.95 Å². The molecular weight excluding hydrogens is 311 g/mol. The number of nitrogens with one attached hydrogen (secondary N) is 1. The molecule has 0 atom stereocenters. The Bertz CT molecular complexity index is 658. The number of piperidine rings is 1. The molecule has 0 unspecified atom stereocenters. The molecule has 0 aromatic carbocycles. The summed E-state index contributed by atoms with van der Waals surface area (Å²) in [4.78, 5) is 21.5. The number of urea groups is 1. The van der Waals surface area contributed by atoms with Crippen LogP contribution < -0.4 is 5.32 Å². The van der Waals surface area contributed by atoms with Crippen LogP contribution in [0.2, 0.25) is 0 Å². The number of carbonyl (C=O) groups is 1. The molecule has 6 nitrogen and oxygen atoms in total. The highest BCUT2D eigenvalue weighted by Gasteiger charge is 2.23. The molecule has 1 aliphatic rings. The van der Waals surface area contributed by atoms with Gasteiger partial charge in [-0.05, 0) is 36.6 Å². The highest BCUT2D eigenvalue weighted by Crippen LogP contribution is 2.17. The molecule has 1 saturated heterocycles. The predicted octanol–water partition coefficient (Wildman–Crippen LogP) is 2.83. The molecule has 3 rings (SSSR count). The van der Waals surface area contributed by atoms with E-state index in [1.54, 1.807) is 17.3 Å². The Kier molecular flexibility index (Phi) is 5.32. The van der Waals surface area contributed by atoms with Crippen LogP contribution in [-0.4, -0.2) is 40.1 Å². The highest BCUT2D eigenvalue weighted by molar-refractivity contribution is 5.89. The van der Waals surface area contributed by atoms with Gasteiger partial charge in [-0.15, -0.1) is 0 Å². The monoisotopic (exact) mass is 330 g/mol. The lowest BCUT2D eigenvalue weighted by molar-refractivity contribution is 0.00530. The van der Waals surface area contributed by atoms with Gasteiger partial charge < -0.3 is 15.0 Å². The minimum Gasteiger partial charge on any atom is -0.373 e. The van der Waals surface area contributed by atoms with Gasteiger partial charge in [0.25, 0.3) is 0 Å². The molecule has 126 valence electrons. The number of amides is 2. The van der Waals surface area contributed by atoms with Crippen molar-refractivity contribution in [3.8, 4) is 0 Å². The van der Waals surface area contributed by atoms with Gasteiger partial charge in [-0.3, -0.25) is 4.98 Å². The summed E-state index contributed by atoms with van der Waals surface area (Å²) in [7, 11) is 0. The minimum atomic E-state index is -0.570. The molecule has 2 amide bonds. The van der Waals surface area contributed by atoms with Gasteiger partial charge in [0.05, 0.1) is 24.6 Å². The molecule has 1 N–H and O–H groups in total. The molecule has 2 aromatic heterocycles. The van der Waals surface area contributed by atoms with Crippen LogP contribution in [0.5, 0.6) is 0 Å². The van der Waals surface area contributed by atoms with Crippen LogP contribution in [0.25, 0.3) is 0 Å². The SMILES string of the molecule is O=C(Nc1ccc(F)nc1)N1CCC(OCc2cccnc2)CC1. The number of rotatable bonds is 4. The summed E-state index contributed by atoms with van der Waals surface area (Å²) < 4.78 is 18.6. The molecule has 2 aromatic rings. The third-order valence-electron chi connectivity index (χ3n) is 3.92. The summed E-state index contributed by atoms with van der Waals surface area (Å²) >= 11 is 0. The maximum absolute atomic E-state index is 12.8. The number of carbonyl (C=O) groups excluding carboxylic acids is 1. The normalized spacial score (nSPS) is 15.3. The Hall–Kier alpha value is -2.54. The number of hydrogen-bond acceptors (Lipinski definition) is 4. The van der Waals surface area contributed by atoms with Crippen LogP contribution >= 0.6 is 0 Å². The average molecular weight is 330 g/mol. The lowest BCUT2D eigenvalue weighted by Crippen LogP contribution is -2.43. The van der Waals surface area contributed by atoms with Crippen molar-refractivity contribution in [2.75, 3.05) is 18.4 Å². The van der Waals surface area contributed by atoms with Gasteiger partial charge in [0, 0.05) is 25.5 Å². The van der Waals surface area contributed by atoms with Gasteiger partial charge >= 0.3 is 6.03 Å². The molecular formula is C17H19FN4O2. The second-order valence-corrected chi connectivity index (χ2v) is 5.66. The van der Waals surface area contributed by atoms with E-state index in [4.69, 9.17) is 4.74 Å². The fourth-order valence-corrected chi connectivity index (χ4v) is 2.58. The van der Waals surface area contributed by atoms with Crippen LogP contribution in [0.3, 0.4) is 0 Å². The smallest absolute Gasteiger partial charge is 0.321 e. The first-order valence-electron chi connectivity index (χ1n) is 7.89. The predicted molar refractivity (Wildman–Crippen MR) is 86.8 cm³/mol. The van der Waals surface area contributed by atoms with E-state index in [2.05, 4.69) is 15.3 Å². The Balaban J connectivity index is 1.42. The number of likely N-dealkylation sites (tertiary alicyclic amines) is 1. The molecule has 24 heavy (non-hydrogen) atoms. The third-order valence-corrected chi connectivity index (χ3v) is 3.92. The van der Waals surface area contributed by atoms with E-state index in [0.29, 0.717) is 25.4 Å². The fraction of sp³-hybridized carbons (Fsp3) is 0.353. The maximum Gasteiger partial charge on any atom is 0.321 e. The van der Waals surface area contributed by atoms with Crippen molar-refractivity contribution in [2.24, 2.45) is 0 Å². The van der Waals surface area contributed by atoms with Crippen molar-refractivity contribution in [1.29, 1.82) is 0 Å². The van der Waals surface area contributed by atoms with E-state index in [1.165, 1.54) is 18.3 Å². The maximum atomic E-state index is 12.8. The van der Waals surface area contributed by atoms with Crippen molar-refractivity contribution in [3.63, 3.8) is 0 Å². The third kappa shape index (κ3) is 4.48. The quantitative estimate of drug-likeness (QED) is 0.876. The summed E-state index contributed by atoms with van der Waals surface area (Å²) in [5.41, 5.74) is 1.53. The second-order valence-electron chi connectivity index (χ2n) is 5.66. The molecule has 0 aliphatic carbocycles. The van der Waals surface area contributed by atoms with Gasteiger partial charge in [0.2, 0.25) is 5.95 Å². The molecule has 0 spiro atoms. The zero-order chi connectivity index (χ0) is 16.8. The van der Waals surface area contributed by atoms with Crippen molar-refractivity contribution in [2.45, 2.75) is 25.6 Å². The van der Waals surface area contributed by atoms with Crippen LogP contribution in [0, 0.1) is 5.95 Å². The molecule has 1 aliphatic heterocycles. The lowest BCUT2D eigenvalue weighted by atomic mass is 10.1. The largest absolute Gasteiger partial charge is 0.373 e. The van der Waals surface area contributed by atoms with E-state index in [1.807, 2.05) is 12.1 Å². The van der Waals surface area contributed by atoms with Gasteiger partial charge in [0.15, 0.2) is 0 Å². The molecule has 0 bridgehead atoms. The number of ether oxygens (including phenoxy) is 1. The van der Waals surface area contributed by atoms with Crippen molar-refractivity contribution in [1.82, 2.24) is 14.9 Å². The lowest BCUT2D eigenvalue weighted by Gasteiger charge is -2.32. The Labute approximate surface area is 139 Å². The second kappa shape index (κ2) is 7.83. The Morgan fingerprint density at radius 2 is 2.12 bits per heavy atom. The van der Waals surface area contributed by atoms with Crippen molar-refractivity contribution >= 4 is 11.7 Å². The van der Waals surface area contributed by atoms with E-state index in [9.17, 15) is 9.18 Å². The van der Waals surface area contributed by atoms with Crippen LogP contribution in [0.1, 0.15) is 18.4 Å². The number of anilines is 1. The van der Waals surface area contributed by atoms with Gasteiger partial charge in [-0.2, -0.15) is 4.39 Å². The van der Waals surface area contributed by atoms with Crippen molar-refractivity contribution < 1.29 is 13.9 Å². The first-order chi connectivity index (χ1) is 11.7. The number of pyridine rings is 2. The minimum absolute atomic E-state index is 0.141. The summed E-state index contributed by atoms with van der Waals surface area (Å²) in [6, 6.07) is 6.37. The standard InChI is InChI=1S/C17H19FN4O2/c18-16-4-3-14(11-20-16)21-17(23)22-8-5-15(6-9-22)24-12-13-2-1-7-19-10-13/h1-4,7,10-11,15H,5-6,8-9,12H2,(H,21,23). The number of hydrogen-bond donors (Lipinski definition) is 1. The highest BCUT2D eigenvalue weighted by atomic mass is 19.1. The van der Waals surface area contributed by atoms with Crippen LogP contribution in [0.4, 0.5) is 14.9 Å². The van der Waals surface area contributed by atoms with Gasteiger partial charge in [0.1, 0.15) is 0 Å². The van der Waals surface area contributed by atoms with Crippen LogP contribution in [0.15, 0.2) is 42.9 Å². The summed E-state index contributed by atoms with van der Waals surface area (Å²) in [6.07, 6.45) is 6.54. The topological polar surface area (TPSA) is 67.4 Å². The van der Waals surface area contributed by atoms with E-state index in [0.717, 1.165) is 18.4 Å². The number of aromatic nitrogens is 2. The molecule has 1 fully saturated rings. The average Bonchev–Trinajstić information content (AvgIpc) is 2.63. The Morgan fingerprint density at radius 1 is 1.29 bits per heavy atom. The van der Waals surface area contributed by atoms with E-state index in [-0.39, 0.29) is 12.1 Å². The first kappa shape index (κ1) is 16.3. The first-order valence-corrected chi connectivity index (χ1v) is 7.89. The fourth-order valence-electron chi connectivity index (χ4n) is 2.58. The van der Waals surface area contributed by atoms with E-state index >= 15 is 0 Å². The van der Waals surface area contributed by atoms with Gasteiger partial charge in [-0.1, -0.05) is 6.07 Å². The Morgan fingerprint density at radius 3 is 2.79 bits per heavy atom. The molecule has 0 saturated carbocycles. The van der Waals surface area contributed by atoms with Crippen LogP contribution in [-0.2, 0) is 11.3 Å². The molecule has 7 heteroatoms. The van der Waals surface area contributed by atoms with Gasteiger partial charge in [-0.25, -0.2) is 9.78 Å². The summed E-state index contributed by atoms with van der Waals surface area (Å²) in [6.45, 7) is 1.78. The molecule has 0 radical (unpaired) electrons. The number of nitrogens with zero attached hydrogens (tertiary/aromatic N) is 3. The van der Waals surface area contributed by atoms with Crippen molar-refractivity contribution in [3.05, 3.63) is 54.4 Å². The number of halogens is 1. The summed E-state index contributed by atoms with van der Waals surface area (Å²) in [5.74, 6) is -0.570. The zero-order valence-electron chi connectivity index (χ0n) is 13.2. The molecule has 3 heterocycles.